The van der Waals surface area contributed by atoms with Crippen LogP contribution in [0.25, 0.3) is 0 Å². The van der Waals surface area contributed by atoms with E-state index in [9.17, 15) is 14.7 Å². The van der Waals surface area contributed by atoms with E-state index in [-0.39, 0.29) is 23.6 Å². The van der Waals surface area contributed by atoms with Crippen molar-refractivity contribution in [3.8, 4) is 5.75 Å². The summed E-state index contributed by atoms with van der Waals surface area (Å²) in [5, 5.41) is 15.8. The van der Waals surface area contributed by atoms with E-state index in [1.165, 1.54) is 18.9 Å². The molecule has 1 saturated carbocycles. The van der Waals surface area contributed by atoms with Gasteiger partial charge in [-0.1, -0.05) is 12.1 Å². The number of hydrogen-bond acceptors (Lipinski definition) is 4. The largest absolute Gasteiger partial charge is 0.508 e. The summed E-state index contributed by atoms with van der Waals surface area (Å²) in [6.07, 6.45) is 10.1. The summed E-state index contributed by atoms with van der Waals surface area (Å²) in [5.74, 6) is 0.496. The molecule has 0 radical (unpaired) electrons. The zero-order valence-electron chi connectivity index (χ0n) is 17.3. The highest BCUT2D eigenvalue weighted by molar-refractivity contribution is 5.94. The standard InChI is InChI=1S/C23H33N3O3/c1-17-6-8-19(16-21(17)27)23(29)24-11-10-18-7-9-20(15-18)25-22(28)5-4-14-26-12-2-3-13-26/h4-6,8,16,18,20,27H,2-3,7,9-15H2,1H3,(H,24,29)(H,25,28)/b5-4+. The lowest BCUT2D eigenvalue weighted by molar-refractivity contribution is -0.117. The highest BCUT2D eigenvalue weighted by Crippen LogP contribution is 2.28. The molecule has 1 aromatic carbocycles. The molecule has 3 rings (SSSR count). The van der Waals surface area contributed by atoms with Gasteiger partial charge in [-0.05, 0) is 82.2 Å². The number of phenolic OH excluding ortho intramolecular Hbond substituents is 1. The molecule has 1 saturated heterocycles. The number of phenols is 1. The lowest BCUT2D eigenvalue weighted by Gasteiger charge is -2.13. The van der Waals surface area contributed by atoms with E-state index < -0.39 is 0 Å². The van der Waals surface area contributed by atoms with Crippen molar-refractivity contribution < 1.29 is 14.7 Å². The second kappa shape index (κ2) is 10.4. The van der Waals surface area contributed by atoms with Gasteiger partial charge in [-0.2, -0.15) is 0 Å². The molecule has 1 heterocycles. The third-order valence-corrected chi connectivity index (χ3v) is 6.03. The van der Waals surface area contributed by atoms with E-state index in [2.05, 4.69) is 15.5 Å². The minimum Gasteiger partial charge on any atom is -0.508 e. The Morgan fingerprint density at radius 2 is 2.03 bits per heavy atom. The Balaban J connectivity index is 1.32. The SMILES string of the molecule is Cc1ccc(C(=O)NCCC2CCC(NC(=O)/C=C/CN3CCCC3)C2)cc1O. The quantitative estimate of drug-likeness (QED) is 0.587. The molecule has 1 aliphatic heterocycles. The number of rotatable bonds is 8. The molecule has 6 nitrogen and oxygen atoms in total. The number of nitrogens with one attached hydrogen (secondary N) is 2. The van der Waals surface area contributed by atoms with Crippen LogP contribution in [0.15, 0.2) is 30.4 Å². The van der Waals surface area contributed by atoms with Gasteiger partial charge >= 0.3 is 0 Å². The van der Waals surface area contributed by atoms with Gasteiger partial charge in [0.25, 0.3) is 5.91 Å². The minimum atomic E-state index is -0.161. The molecule has 2 unspecified atom stereocenters. The maximum atomic E-state index is 12.2. The lowest BCUT2D eigenvalue weighted by atomic mass is 10.0. The summed E-state index contributed by atoms with van der Waals surface area (Å²) in [6, 6.07) is 5.20. The molecule has 0 spiro atoms. The smallest absolute Gasteiger partial charge is 0.251 e. The van der Waals surface area contributed by atoms with Crippen molar-refractivity contribution in [2.45, 2.75) is 51.5 Å². The van der Waals surface area contributed by atoms with Crippen molar-refractivity contribution in [1.29, 1.82) is 0 Å². The van der Waals surface area contributed by atoms with Crippen molar-refractivity contribution in [2.75, 3.05) is 26.2 Å². The molecule has 2 fully saturated rings. The van der Waals surface area contributed by atoms with Gasteiger partial charge in [0.2, 0.25) is 5.91 Å². The van der Waals surface area contributed by atoms with Gasteiger partial charge in [-0.3, -0.25) is 14.5 Å². The number of carbonyl (C=O) groups excluding carboxylic acids is 2. The average Bonchev–Trinajstić information content (AvgIpc) is 3.36. The topological polar surface area (TPSA) is 81.7 Å². The van der Waals surface area contributed by atoms with Crippen LogP contribution in [-0.2, 0) is 4.79 Å². The number of hydrogen-bond donors (Lipinski definition) is 3. The van der Waals surface area contributed by atoms with Crippen LogP contribution < -0.4 is 10.6 Å². The minimum absolute atomic E-state index is 0.00216. The summed E-state index contributed by atoms with van der Waals surface area (Å²) in [7, 11) is 0. The maximum absolute atomic E-state index is 12.2. The molecule has 2 aliphatic rings. The van der Waals surface area contributed by atoms with Crippen LogP contribution in [0.4, 0.5) is 0 Å². The third-order valence-electron chi connectivity index (χ3n) is 6.03. The van der Waals surface area contributed by atoms with E-state index in [4.69, 9.17) is 0 Å². The lowest BCUT2D eigenvalue weighted by Crippen LogP contribution is -2.32. The monoisotopic (exact) mass is 399 g/mol. The first-order valence-electron chi connectivity index (χ1n) is 10.8. The summed E-state index contributed by atoms with van der Waals surface area (Å²) < 4.78 is 0. The summed E-state index contributed by atoms with van der Waals surface area (Å²) >= 11 is 0. The van der Waals surface area contributed by atoms with Crippen LogP contribution in [0.5, 0.6) is 5.75 Å². The van der Waals surface area contributed by atoms with Gasteiger partial charge in [0.15, 0.2) is 0 Å². The number of benzene rings is 1. The van der Waals surface area contributed by atoms with Crippen LogP contribution in [0.3, 0.4) is 0 Å². The number of aromatic hydroxyl groups is 1. The predicted octanol–water partition coefficient (Wildman–Crippen LogP) is 2.76. The molecule has 1 aliphatic carbocycles. The third kappa shape index (κ3) is 6.60. The highest BCUT2D eigenvalue weighted by atomic mass is 16.3. The Morgan fingerprint density at radius 3 is 2.79 bits per heavy atom. The zero-order chi connectivity index (χ0) is 20.6. The van der Waals surface area contributed by atoms with Crippen LogP contribution in [0.2, 0.25) is 0 Å². The second-order valence-corrected chi connectivity index (χ2v) is 8.34. The first-order valence-corrected chi connectivity index (χ1v) is 10.8. The van der Waals surface area contributed by atoms with Crippen molar-refractivity contribution in [3.05, 3.63) is 41.5 Å². The van der Waals surface area contributed by atoms with Gasteiger partial charge in [0.05, 0.1) is 0 Å². The fourth-order valence-corrected chi connectivity index (χ4v) is 4.23. The molecule has 3 N–H and O–H groups in total. The van der Waals surface area contributed by atoms with Crippen LogP contribution in [0, 0.1) is 12.8 Å². The van der Waals surface area contributed by atoms with Gasteiger partial charge < -0.3 is 15.7 Å². The molecule has 2 amide bonds. The predicted molar refractivity (Wildman–Crippen MR) is 114 cm³/mol. The Hall–Kier alpha value is -2.34. The highest BCUT2D eigenvalue weighted by Gasteiger charge is 2.25. The molecular weight excluding hydrogens is 366 g/mol. The second-order valence-electron chi connectivity index (χ2n) is 8.34. The van der Waals surface area contributed by atoms with Gasteiger partial charge in [0.1, 0.15) is 5.75 Å². The molecular formula is C23H33N3O3. The van der Waals surface area contributed by atoms with Crippen molar-refractivity contribution in [3.63, 3.8) is 0 Å². The van der Waals surface area contributed by atoms with Gasteiger partial charge in [-0.25, -0.2) is 0 Å². The Labute approximate surface area is 173 Å². The van der Waals surface area contributed by atoms with Crippen molar-refractivity contribution >= 4 is 11.8 Å². The van der Waals surface area contributed by atoms with Crippen molar-refractivity contribution in [1.82, 2.24) is 15.5 Å². The number of amides is 2. The molecule has 1 aromatic rings. The van der Waals surface area contributed by atoms with E-state index in [0.29, 0.717) is 18.0 Å². The van der Waals surface area contributed by atoms with Crippen LogP contribution in [-0.4, -0.2) is 54.0 Å². The van der Waals surface area contributed by atoms with Crippen LogP contribution >= 0.6 is 0 Å². The Bertz CT molecular complexity index is 741. The van der Waals surface area contributed by atoms with E-state index in [0.717, 1.165) is 50.9 Å². The first-order chi connectivity index (χ1) is 14.0. The van der Waals surface area contributed by atoms with E-state index in [1.807, 2.05) is 6.08 Å². The normalized spacial score (nSPS) is 22.2. The number of nitrogens with zero attached hydrogens (tertiary/aromatic N) is 1. The Morgan fingerprint density at radius 1 is 1.24 bits per heavy atom. The number of likely N-dealkylation sites (tertiary alicyclic amines) is 1. The summed E-state index contributed by atoms with van der Waals surface area (Å²) in [5.41, 5.74) is 1.23. The van der Waals surface area contributed by atoms with Gasteiger partial charge in [-0.15, -0.1) is 0 Å². The average molecular weight is 400 g/mol. The van der Waals surface area contributed by atoms with E-state index >= 15 is 0 Å². The molecule has 158 valence electrons. The molecule has 6 heteroatoms. The van der Waals surface area contributed by atoms with Crippen molar-refractivity contribution in [2.24, 2.45) is 5.92 Å². The number of aryl methyl sites for hydroxylation is 1. The van der Waals surface area contributed by atoms with Gasteiger partial charge in [0, 0.05) is 30.8 Å². The van der Waals surface area contributed by atoms with E-state index in [1.54, 1.807) is 25.1 Å². The first kappa shape index (κ1) is 21.4. The van der Waals surface area contributed by atoms with Crippen LogP contribution in [0.1, 0.15) is 54.4 Å². The summed E-state index contributed by atoms with van der Waals surface area (Å²) in [4.78, 5) is 26.7. The zero-order valence-corrected chi connectivity index (χ0v) is 17.3. The maximum Gasteiger partial charge on any atom is 0.251 e. The summed E-state index contributed by atoms with van der Waals surface area (Å²) in [6.45, 7) is 5.54. The fourth-order valence-electron chi connectivity index (χ4n) is 4.23. The molecule has 0 aromatic heterocycles. The number of carbonyl (C=O) groups is 2. The molecule has 29 heavy (non-hydrogen) atoms. The fraction of sp³-hybridized carbons (Fsp3) is 0.565. The Kier molecular flexibility index (Phi) is 7.69. The molecule has 0 bridgehead atoms. The molecule has 2 atom stereocenters.